The zero-order chi connectivity index (χ0) is 34.9. The second-order valence-corrected chi connectivity index (χ2v) is 10.9. The molecular weight excluding hydrogens is 644 g/mol. The van der Waals surface area contributed by atoms with Crippen LogP contribution in [0.5, 0.6) is 0 Å². The molecule has 252 valence electrons. The number of aromatic nitrogens is 2. The standard InChI is InChI=1S/C37H30N4O9/c42-32(25-15-7-2-8-16-25)47-29-30(48-33(43)26-17-9-3-10-18-26)35(50-34(44)27-19-11-4-12-20-27)49-31(29)41-22-21-28(40-37(41)46)39-36(45)38-23-24-13-5-1-6-14-24/h1-22,29-31,35H,23H2,(H2,38,39,40,45,46)/t29-,30+,31-,35-/m1/s1. The van der Waals surface area contributed by atoms with Gasteiger partial charge in [0.25, 0.3) is 0 Å². The summed E-state index contributed by atoms with van der Waals surface area (Å²) in [7, 11) is 0. The van der Waals surface area contributed by atoms with Gasteiger partial charge in [0.15, 0.2) is 12.3 Å². The van der Waals surface area contributed by atoms with Crippen LogP contribution in [0.2, 0.25) is 0 Å². The van der Waals surface area contributed by atoms with Crippen LogP contribution in [0.15, 0.2) is 138 Å². The van der Waals surface area contributed by atoms with Gasteiger partial charge in [-0.2, -0.15) is 4.98 Å². The Balaban J connectivity index is 1.30. The topological polar surface area (TPSA) is 164 Å². The van der Waals surface area contributed by atoms with Gasteiger partial charge in [-0.3, -0.25) is 9.88 Å². The molecular formula is C37H30N4O9. The number of rotatable bonds is 10. The number of hydrogen-bond acceptors (Lipinski definition) is 10. The summed E-state index contributed by atoms with van der Waals surface area (Å²) in [5.41, 5.74) is 0.448. The van der Waals surface area contributed by atoms with E-state index in [1.54, 1.807) is 54.6 Å². The van der Waals surface area contributed by atoms with Gasteiger partial charge in [-0.15, -0.1) is 0 Å². The van der Waals surface area contributed by atoms with E-state index in [0.717, 1.165) is 10.1 Å². The molecule has 1 aliphatic rings. The number of nitrogens with one attached hydrogen (secondary N) is 2. The quantitative estimate of drug-likeness (QED) is 0.156. The predicted molar refractivity (Wildman–Crippen MR) is 178 cm³/mol. The molecule has 4 atom stereocenters. The van der Waals surface area contributed by atoms with Crippen LogP contribution in [0.1, 0.15) is 42.9 Å². The van der Waals surface area contributed by atoms with Crippen LogP contribution in [-0.2, 0) is 25.5 Å². The highest BCUT2D eigenvalue weighted by atomic mass is 16.8. The van der Waals surface area contributed by atoms with E-state index in [1.165, 1.54) is 48.7 Å². The Morgan fingerprint density at radius 1 is 0.640 bits per heavy atom. The van der Waals surface area contributed by atoms with Crippen LogP contribution in [0.25, 0.3) is 0 Å². The van der Waals surface area contributed by atoms with Crippen LogP contribution in [0.3, 0.4) is 0 Å². The highest BCUT2D eigenvalue weighted by Gasteiger charge is 2.53. The van der Waals surface area contributed by atoms with Crippen molar-refractivity contribution in [1.82, 2.24) is 14.9 Å². The Hall–Kier alpha value is -6.60. The summed E-state index contributed by atoms with van der Waals surface area (Å²) in [4.78, 5) is 69.8. The lowest BCUT2D eigenvalue weighted by Crippen LogP contribution is -2.42. The minimum atomic E-state index is -1.64. The van der Waals surface area contributed by atoms with E-state index in [2.05, 4.69) is 15.6 Å². The van der Waals surface area contributed by atoms with Crippen molar-refractivity contribution < 1.29 is 38.1 Å². The fourth-order valence-electron chi connectivity index (χ4n) is 5.07. The summed E-state index contributed by atoms with van der Waals surface area (Å²) in [5.74, 6) is -2.55. The van der Waals surface area contributed by atoms with E-state index in [0.29, 0.717) is 0 Å². The Morgan fingerprint density at radius 2 is 1.12 bits per heavy atom. The molecule has 0 spiro atoms. The number of amides is 2. The fraction of sp³-hybridized carbons (Fsp3) is 0.135. The Morgan fingerprint density at radius 3 is 1.64 bits per heavy atom. The fourth-order valence-corrected chi connectivity index (χ4v) is 5.07. The van der Waals surface area contributed by atoms with Gasteiger partial charge in [0.2, 0.25) is 12.4 Å². The zero-order valence-electron chi connectivity index (χ0n) is 26.3. The summed E-state index contributed by atoms with van der Waals surface area (Å²) in [6.07, 6.45) is -4.93. The molecule has 5 aromatic rings. The van der Waals surface area contributed by atoms with Gasteiger partial charge in [0.05, 0.1) is 16.7 Å². The van der Waals surface area contributed by atoms with E-state index in [4.69, 9.17) is 18.9 Å². The number of urea groups is 1. The molecule has 0 unspecified atom stereocenters. The van der Waals surface area contributed by atoms with Crippen molar-refractivity contribution in [2.45, 2.75) is 31.3 Å². The molecule has 1 fully saturated rings. The molecule has 50 heavy (non-hydrogen) atoms. The number of benzene rings is 4. The predicted octanol–water partition coefficient (Wildman–Crippen LogP) is 4.73. The lowest BCUT2D eigenvalue weighted by atomic mass is 10.1. The molecule has 1 aliphatic heterocycles. The second-order valence-electron chi connectivity index (χ2n) is 10.9. The van der Waals surface area contributed by atoms with E-state index in [-0.39, 0.29) is 29.1 Å². The largest absolute Gasteiger partial charge is 0.450 e. The molecule has 0 aliphatic carbocycles. The van der Waals surface area contributed by atoms with Crippen molar-refractivity contribution in [2.24, 2.45) is 0 Å². The Labute approximate surface area is 285 Å². The Bertz CT molecular complexity index is 2010. The van der Waals surface area contributed by atoms with E-state index >= 15 is 0 Å². The maximum Gasteiger partial charge on any atom is 0.351 e. The number of ether oxygens (including phenoxy) is 4. The molecule has 2 heterocycles. The number of carbonyl (C=O) groups is 4. The van der Waals surface area contributed by atoms with Crippen molar-refractivity contribution in [1.29, 1.82) is 0 Å². The number of anilines is 1. The highest BCUT2D eigenvalue weighted by Crippen LogP contribution is 2.35. The summed E-state index contributed by atoms with van der Waals surface area (Å²) in [6, 6.07) is 34.0. The zero-order valence-corrected chi connectivity index (χ0v) is 26.3. The average molecular weight is 675 g/mol. The third-order valence-electron chi connectivity index (χ3n) is 7.53. The van der Waals surface area contributed by atoms with Gasteiger partial charge < -0.3 is 24.3 Å². The monoisotopic (exact) mass is 674 g/mol. The van der Waals surface area contributed by atoms with Crippen molar-refractivity contribution in [3.8, 4) is 0 Å². The first-order chi connectivity index (χ1) is 24.4. The van der Waals surface area contributed by atoms with Crippen molar-refractivity contribution in [3.63, 3.8) is 0 Å². The molecule has 2 N–H and O–H groups in total. The van der Waals surface area contributed by atoms with E-state index < -0.39 is 54.4 Å². The van der Waals surface area contributed by atoms with Crippen molar-refractivity contribution >= 4 is 29.8 Å². The molecule has 6 rings (SSSR count). The third kappa shape index (κ3) is 8.09. The number of carbonyl (C=O) groups excluding carboxylic acids is 4. The second kappa shape index (κ2) is 15.5. The summed E-state index contributed by atoms with van der Waals surface area (Å²) in [6.45, 7) is 0.236. The number of nitrogens with zero attached hydrogens (tertiary/aromatic N) is 2. The number of esters is 3. The average Bonchev–Trinajstić information content (AvgIpc) is 3.47. The first-order valence-corrected chi connectivity index (χ1v) is 15.5. The van der Waals surface area contributed by atoms with Gasteiger partial charge in [-0.05, 0) is 48.0 Å². The maximum atomic E-state index is 13.4. The lowest BCUT2D eigenvalue weighted by molar-refractivity contribution is -0.149. The molecule has 1 saturated heterocycles. The van der Waals surface area contributed by atoms with Crippen LogP contribution in [0, 0.1) is 0 Å². The molecule has 2 amide bonds. The first kappa shape index (κ1) is 33.3. The summed E-state index contributed by atoms with van der Waals surface area (Å²) < 4.78 is 24.4. The Kier molecular flexibility index (Phi) is 10.3. The smallest absolute Gasteiger partial charge is 0.351 e. The van der Waals surface area contributed by atoms with E-state index in [1.807, 2.05) is 30.3 Å². The number of hydrogen-bond donors (Lipinski definition) is 2. The van der Waals surface area contributed by atoms with Crippen LogP contribution < -0.4 is 16.3 Å². The maximum absolute atomic E-state index is 13.4. The summed E-state index contributed by atoms with van der Waals surface area (Å²) >= 11 is 0. The third-order valence-corrected chi connectivity index (χ3v) is 7.53. The normalized spacial score (nSPS) is 18.0. The van der Waals surface area contributed by atoms with Crippen LogP contribution >= 0.6 is 0 Å². The molecule has 4 aromatic carbocycles. The SMILES string of the molecule is O=C(NCc1ccccc1)Nc1ccn([C@@H]2O[C@H](OC(=O)c3ccccc3)[C@@H](OC(=O)c3ccccc3)[C@H]2OC(=O)c2ccccc2)c(=O)n1. The highest BCUT2D eigenvalue weighted by molar-refractivity contribution is 5.91. The molecule has 0 bridgehead atoms. The first-order valence-electron chi connectivity index (χ1n) is 15.5. The van der Waals surface area contributed by atoms with Crippen molar-refractivity contribution in [3.05, 3.63) is 166 Å². The van der Waals surface area contributed by atoms with Gasteiger partial charge in [0, 0.05) is 12.7 Å². The molecule has 1 aromatic heterocycles. The molecule has 0 saturated carbocycles. The van der Waals surface area contributed by atoms with Gasteiger partial charge >= 0.3 is 29.6 Å². The molecule has 13 heteroatoms. The van der Waals surface area contributed by atoms with Gasteiger partial charge in [-0.25, -0.2) is 24.0 Å². The van der Waals surface area contributed by atoms with Crippen LogP contribution in [-0.4, -0.2) is 52.0 Å². The van der Waals surface area contributed by atoms with Gasteiger partial charge in [0.1, 0.15) is 5.82 Å². The lowest BCUT2D eigenvalue weighted by Gasteiger charge is -2.24. The minimum absolute atomic E-state index is 0.0771. The minimum Gasteiger partial charge on any atom is -0.450 e. The molecule has 13 nitrogen and oxygen atoms in total. The molecule has 0 radical (unpaired) electrons. The summed E-state index contributed by atoms with van der Waals surface area (Å²) in [5, 5.41) is 5.18. The van der Waals surface area contributed by atoms with E-state index in [9.17, 15) is 24.0 Å². The van der Waals surface area contributed by atoms with Crippen molar-refractivity contribution in [2.75, 3.05) is 5.32 Å². The van der Waals surface area contributed by atoms with Crippen LogP contribution in [0.4, 0.5) is 10.6 Å². The van der Waals surface area contributed by atoms with Gasteiger partial charge in [-0.1, -0.05) is 84.9 Å².